The molecule has 118 valence electrons. The lowest BCUT2D eigenvalue weighted by Gasteiger charge is -2.21. The highest BCUT2D eigenvalue weighted by molar-refractivity contribution is 9.11. The number of unbranched alkanes of at least 4 members (excludes halogenated alkanes) is 2. The van der Waals surface area contributed by atoms with Gasteiger partial charge in [0, 0.05) is 25.1 Å². The standard InChI is InChI=1S/C14H21Br2N3O2/c1-4-5-6-7-17-14(21)18-11-12(19(2)3)9(15)8-10(16)13(11)20/h8,20H,4-7H2,1-3H3,(H2,17,18,21). The smallest absolute Gasteiger partial charge is 0.319 e. The van der Waals surface area contributed by atoms with Gasteiger partial charge in [0.1, 0.15) is 5.69 Å². The van der Waals surface area contributed by atoms with Crippen molar-refractivity contribution in [1.29, 1.82) is 0 Å². The summed E-state index contributed by atoms with van der Waals surface area (Å²) in [4.78, 5) is 13.8. The van der Waals surface area contributed by atoms with Crippen molar-refractivity contribution in [2.24, 2.45) is 0 Å². The molecule has 5 nitrogen and oxygen atoms in total. The van der Waals surface area contributed by atoms with Crippen LogP contribution in [-0.4, -0.2) is 31.8 Å². The summed E-state index contributed by atoms with van der Waals surface area (Å²) >= 11 is 6.71. The minimum atomic E-state index is -0.325. The number of aromatic hydroxyl groups is 1. The van der Waals surface area contributed by atoms with Crippen molar-refractivity contribution >= 4 is 49.3 Å². The Kier molecular flexibility index (Phi) is 7.31. The van der Waals surface area contributed by atoms with E-state index in [1.807, 2.05) is 19.0 Å². The molecule has 0 bridgehead atoms. The molecule has 0 aliphatic carbocycles. The van der Waals surface area contributed by atoms with Crippen LogP contribution < -0.4 is 15.5 Å². The predicted octanol–water partition coefficient (Wildman–Crippen LogP) is 4.29. The minimum absolute atomic E-state index is 0.00519. The van der Waals surface area contributed by atoms with E-state index in [1.54, 1.807) is 6.07 Å². The van der Waals surface area contributed by atoms with E-state index >= 15 is 0 Å². The number of rotatable bonds is 6. The Morgan fingerprint density at radius 2 is 1.95 bits per heavy atom. The molecule has 0 aliphatic rings. The Morgan fingerprint density at radius 3 is 2.52 bits per heavy atom. The van der Waals surface area contributed by atoms with Crippen LogP contribution in [0, 0.1) is 0 Å². The maximum atomic E-state index is 11.9. The summed E-state index contributed by atoms with van der Waals surface area (Å²) < 4.78 is 1.29. The second-order valence-electron chi connectivity index (χ2n) is 4.89. The van der Waals surface area contributed by atoms with Crippen LogP contribution in [0.3, 0.4) is 0 Å². The van der Waals surface area contributed by atoms with E-state index in [-0.39, 0.29) is 11.8 Å². The lowest BCUT2D eigenvalue weighted by molar-refractivity contribution is 0.251. The van der Waals surface area contributed by atoms with Crippen molar-refractivity contribution in [2.75, 3.05) is 30.9 Å². The Bertz CT molecular complexity index is 507. The lowest BCUT2D eigenvalue weighted by Crippen LogP contribution is -2.30. The summed E-state index contributed by atoms with van der Waals surface area (Å²) in [5.74, 6) is 0.00519. The van der Waals surface area contributed by atoms with Crippen molar-refractivity contribution in [2.45, 2.75) is 26.2 Å². The molecule has 0 spiro atoms. The molecule has 0 heterocycles. The summed E-state index contributed by atoms with van der Waals surface area (Å²) in [5, 5.41) is 15.7. The molecular formula is C14H21Br2N3O2. The normalized spacial score (nSPS) is 10.3. The van der Waals surface area contributed by atoms with Gasteiger partial charge in [0.15, 0.2) is 5.75 Å². The van der Waals surface area contributed by atoms with Crippen molar-refractivity contribution in [3.63, 3.8) is 0 Å². The molecule has 1 rings (SSSR count). The van der Waals surface area contributed by atoms with Crippen LogP contribution in [0.25, 0.3) is 0 Å². The van der Waals surface area contributed by atoms with Gasteiger partial charge in [0.2, 0.25) is 0 Å². The number of phenols is 1. The first-order valence-electron chi connectivity index (χ1n) is 6.81. The Morgan fingerprint density at radius 1 is 1.29 bits per heavy atom. The summed E-state index contributed by atoms with van der Waals surface area (Å²) in [7, 11) is 3.69. The van der Waals surface area contributed by atoms with E-state index in [9.17, 15) is 9.90 Å². The molecule has 0 atom stereocenters. The molecule has 0 aliphatic heterocycles. The van der Waals surface area contributed by atoms with Gasteiger partial charge >= 0.3 is 6.03 Å². The van der Waals surface area contributed by atoms with Crippen LogP contribution in [0.4, 0.5) is 16.2 Å². The predicted molar refractivity (Wildman–Crippen MR) is 94.4 cm³/mol. The molecule has 3 N–H and O–H groups in total. The quantitative estimate of drug-likeness (QED) is 0.473. The lowest BCUT2D eigenvalue weighted by atomic mass is 10.2. The molecule has 2 amide bonds. The fourth-order valence-corrected chi connectivity index (χ4v) is 3.41. The van der Waals surface area contributed by atoms with E-state index in [0.29, 0.717) is 22.4 Å². The molecule has 1 aromatic rings. The van der Waals surface area contributed by atoms with Crippen molar-refractivity contribution in [3.8, 4) is 5.75 Å². The van der Waals surface area contributed by atoms with E-state index in [2.05, 4.69) is 49.4 Å². The zero-order valence-electron chi connectivity index (χ0n) is 12.5. The molecule has 0 radical (unpaired) electrons. The maximum absolute atomic E-state index is 11.9. The van der Waals surface area contributed by atoms with Crippen LogP contribution in [-0.2, 0) is 0 Å². The first-order chi connectivity index (χ1) is 9.88. The van der Waals surface area contributed by atoms with Crippen LogP contribution in [0.5, 0.6) is 5.75 Å². The zero-order chi connectivity index (χ0) is 16.0. The number of halogens is 2. The second kappa shape index (κ2) is 8.48. The van der Waals surface area contributed by atoms with Crippen LogP contribution >= 0.6 is 31.9 Å². The molecule has 21 heavy (non-hydrogen) atoms. The SMILES string of the molecule is CCCCCNC(=O)Nc1c(O)c(Br)cc(Br)c1N(C)C. The summed E-state index contributed by atoms with van der Waals surface area (Å²) in [5.41, 5.74) is 1.08. The molecule has 0 saturated carbocycles. The first-order valence-corrected chi connectivity index (χ1v) is 8.40. The Hall–Kier alpha value is -0.950. The monoisotopic (exact) mass is 421 g/mol. The molecule has 0 fully saturated rings. The van der Waals surface area contributed by atoms with Crippen molar-refractivity contribution < 1.29 is 9.90 Å². The fraction of sp³-hybridized carbons (Fsp3) is 0.500. The number of anilines is 2. The number of phenolic OH excluding ortho intramolecular Hbond substituents is 1. The fourth-order valence-electron chi connectivity index (χ4n) is 1.89. The number of hydrogen-bond acceptors (Lipinski definition) is 3. The number of carbonyl (C=O) groups is 1. The summed E-state index contributed by atoms with van der Waals surface area (Å²) in [6.45, 7) is 2.73. The van der Waals surface area contributed by atoms with Gasteiger partial charge in [0.05, 0.1) is 10.2 Å². The molecular weight excluding hydrogens is 402 g/mol. The molecule has 1 aromatic carbocycles. The van der Waals surface area contributed by atoms with Crippen molar-refractivity contribution in [3.05, 3.63) is 15.0 Å². The molecule has 0 unspecified atom stereocenters. The highest BCUT2D eigenvalue weighted by Crippen LogP contribution is 2.44. The third-order valence-electron chi connectivity index (χ3n) is 2.93. The third-order valence-corrected chi connectivity index (χ3v) is 4.14. The highest BCUT2D eigenvalue weighted by atomic mass is 79.9. The van der Waals surface area contributed by atoms with E-state index in [4.69, 9.17) is 0 Å². The van der Waals surface area contributed by atoms with Gasteiger partial charge < -0.3 is 20.6 Å². The van der Waals surface area contributed by atoms with Gasteiger partial charge in [-0.25, -0.2) is 4.79 Å². The summed E-state index contributed by atoms with van der Waals surface area (Å²) in [6.07, 6.45) is 3.13. The van der Waals surface area contributed by atoms with Gasteiger partial charge in [-0.15, -0.1) is 0 Å². The molecule has 7 heteroatoms. The second-order valence-corrected chi connectivity index (χ2v) is 6.60. The molecule has 0 saturated heterocycles. The number of amides is 2. The van der Waals surface area contributed by atoms with Gasteiger partial charge in [0.25, 0.3) is 0 Å². The number of carbonyl (C=O) groups excluding carboxylic acids is 1. The number of hydrogen-bond donors (Lipinski definition) is 3. The maximum Gasteiger partial charge on any atom is 0.319 e. The van der Waals surface area contributed by atoms with E-state index in [1.165, 1.54) is 0 Å². The van der Waals surface area contributed by atoms with Gasteiger partial charge in [-0.1, -0.05) is 19.8 Å². The third kappa shape index (κ3) is 5.07. The Balaban J connectivity index is 2.89. The van der Waals surface area contributed by atoms with Crippen molar-refractivity contribution in [1.82, 2.24) is 5.32 Å². The number of nitrogens with one attached hydrogen (secondary N) is 2. The van der Waals surface area contributed by atoms with Gasteiger partial charge in [-0.2, -0.15) is 0 Å². The van der Waals surface area contributed by atoms with Crippen LogP contribution in [0.2, 0.25) is 0 Å². The first kappa shape index (κ1) is 18.1. The summed E-state index contributed by atoms with van der Waals surface area (Å²) in [6, 6.07) is 1.42. The number of nitrogens with zero attached hydrogens (tertiary/aromatic N) is 1. The topological polar surface area (TPSA) is 64.6 Å². The highest BCUT2D eigenvalue weighted by Gasteiger charge is 2.19. The van der Waals surface area contributed by atoms with Gasteiger partial charge in [-0.3, -0.25) is 0 Å². The minimum Gasteiger partial charge on any atom is -0.505 e. The van der Waals surface area contributed by atoms with Crippen LogP contribution in [0.1, 0.15) is 26.2 Å². The van der Waals surface area contributed by atoms with Gasteiger partial charge in [-0.05, 0) is 44.3 Å². The van der Waals surface area contributed by atoms with E-state index in [0.717, 1.165) is 23.7 Å². The van der Waals surface area contributed by atoms with E-state index < -0.39 is 0 Å². The average Bonchev–Trinajstić information content (AvgIpc) is 2.40. The average molecular weight is 423 g/mol. The molecule has 0 aromatic heterocycles. The van der Waals surface area contributed by atoms with Crippen LogP contribution in [0.15, 0.2) is 15.0 Å². The zero-order valence-corrected chi connectivity index (χ0v) is 15.6. The largest absolute Gasteiger partial charge is 0.505 e. The Labute approximate surface area is 142 Å². The number of urea groups is 1. The number of benzene rings is 1.